The Morgan fingerprint density at radius 2 is 1.87 bits per heavy atom. The highest BCUT2D eigenvalue weighted by atomic mass is 32.2. The predicted octanol–water partition coefficient (Wildman–Crippen LogP) is 1.67. The van der Waals surface area contributed by atoms with E-state index < -0.39 is 9.84 Å². The van der Waals surface area contributed by atoms with Gasteiger partial charge in [-0.15, -0.1) is 0 Å². The van der Waals surface area contributed by atoms with Gasteiger partial charge in [0.1, 0.15) is 0 Å². The topological polar surface area (TPSA) is 57.7 Å². The summed E-state index contributed by atoms with van der Waals surface area (Å²) in [5, 5.41) is 1.24. The number of hydrogen-bond acceptors (Lipinski definition) is 4. The molecule has 0 radical (unpaired) electrons. The van der Waals surface area contributed by atoms with Crippen molar-refractivity contribution < 1.29 is 13.2 Å². The number of amides is 1. The Balaban J connectivity index is 1.56. The molecule has 1 fully saturated rings. The van der Waals surface area contributed by atoms with Crippen molar-refractivity contribution in [3.8, 4) is 0 Å². The standard InChI is InChI=1S/C17H22N2O3S/c20-17(13-15-7-12-23(21,22)14-15)19-9-4-8-18(10-11-19)16-5-2-1-3-6-16/h1-3,5-7,12,15H,4,8-11,13-14H2. The Labute approximate surface area is 137 Å². The zero-order chi connectivity index (χ0) is 16.3. The number of benzene rings is 1. The lowest BCUT2D eigenvalue weighted by atomic mass is 10.1. The smallest absolute Gasteiger partial charge is 0.223 e. The summed E-state index contributed by atoms with van der Waals surface area (Å²) in [6.07, 6.45) is 2.88. The summed E-state index contributed by atoms with van der Waals surface area (Å²) >= 11 is 0. The lowest BCUT2D eigenvalue weighted by Gasteiger charge is -2.24. The molecule has 2 aliphatic heterocycles. The highest BCUT2D eigenvalue weighted by Gasteiger charge is 2.26. The summed E-state index contributed by atoms with van der Waals surface area (Å²) in [5.74, 6) is -0.0319. The van der Waals surface area contributed by atoms with Crippen LogP contribution in [-0.4, -0.2) is 51.2 Å². The van der Waals surface area contributed by atoms with Gasteiger partial charge in [0.2, 0.25) is 5.91 Å². The number of para-hydroxylation sites is 1. The van der Waals surface area contributed by atoms with Crippen LogP contribution in [-0.2, 0) is 14.6 Å². The van der Waals surface area contributed by atoms with Crippen LogP contribution < -0.4 is 4.90 Å². The number of anilines is 1. The van der Waals surface area contributed by atoms with Crippen LogP contribution in [0.15, 0.2) is 41.8 Å². The van der Waals surface area contributed by atoms with Crippen LogP contribution in [0.1, 0.15) is 12.8 Å². The predicted molar refractivity (Wildman–Crippen MR) is 90.9 cm³/mol. The summed E-state index contributed by atoms with van der Waals surface area (Å²) < 4.78 is 22.9. The average molecular weight is 334 g/mol. The van der Waals surface area contributed by atoms with E-state index in [0.717, 1.165) is 26.1 Å². The molecule has 2 aliphatic rings. The Hall–Kier alpha value is -1.82. The second kappa shape index (κ2) is 6.74. The number of hydrogen-bond donors (Lipinski definition) is 0. The van der Waals surface area contributed by atoms with Crippen molar-refractivity contribution in [1.82, 2.24) is 4.90 Å². The fourth-order valence-corrected chi connectivity index (χ4v) is 4.58. The largest absolute Gasteiger partial charge is 0.370 e. The van der Waals surface area contributed by atoms with Gasteiger partial charge in [0.15, 0.2) is 9.84 Å². The first-order valence-electron chi connectivity index (χ1n) is 8.02. The van der Waals surface area contributed by atoms with Gasteiger partial charge in [-0.25, -0.2) is 8.42 Å². The molecular formula is C17H22N2O3S. The van der Waals surface area contributed by atoms with E-state index in [1.165, 1.54) is 11.1 Å². The monoisotopic (exact) mass is 334 g/mol. The summed E-state index contributed by atoms with van der Waals surface area (Å²) in [6, 6.07) is 10.2. The van der Waals surface area contributed by atoms with Crippen LogP contribution >= 0.6 is 0 Å². The van der Waals surface area contributed by atoms with Crippen molar-refractivity contribution in [2.75, 3.05) is 36.8 Å². The van der Waals surface area contributed by atoms with Crippen molar-refractivity contribution in [1.29, 1.82) is 0 Å². The van der Waals surface area contributed by atoms with E-state index in [4.69, 9.17) is 0 Å². The van der Waals surface area contributed by atoms with Crippen LogP contribution in [0.5, 0.6) is 0 Å². The van der Waals surface area contributed by atoms with E-state index in [9.17, 15) is 13.2 Å². The zero-order valence-corrected chi connectivity index (χ0v) is 13.9. The van der Waals surface area contributed by atoms with E-state index in [1.807, 2.05) is 23.1 Å². The van der Waals surface area contributed by atoms with Crippen LogP contribution in [0.4, 0.5) is 5.69 Å². The van der Waals surface area contributed by atoms with Crippen LogP contribution in [0.3, 0.4) is 0 Å². The van der Waals surface area contributed by atoms with E-state index in [-0.39, 0.29) is 17.6 Å². The SMILES string of the molecule is O=C(CC1C=CS(=O)(=O)C1)N1CCCN(c2ccccc2)CC1. The molecule has 0 aliphatic carbocycles. The molecule has 2 heterocycles. The van der Waals surface area contributed by atoms with Gasteiger partial charge < -0.3 is 9.80 Å². The van der Waals surface area contributed by atoms with Crippen molar-refractivity contribution in [3.63, 3.8) is 0 Å². The molecular weight excluding hydrogens is 312 g/mol. The van der Waals surface area contributed by atoms with Gasteiger partial charge in [-0.2, -0.15) is 0 Å². The normalized spacial score (nSPS) is 23.7. The third-order valence-corrected chi connectivity index (χ3v) is 5.88. The molecule has 1 amide bonds. The van der Waals surface area contributed by atoms with E-state index in [1.54, 1.807) is 6.08 Å². The number of allylic oxidation sites excluding steroid dienone is 1. The molecule has 5 nitrogen and oxygen atoms in total. The van der Waals surface area contributed by atoms with Crippen molar-refractivity contribution >= 4 is 21.4 Å². The first-order chi connectivity index (χ1) is 11.0. The maximum absolute atomic E-state index is 12.4. The van der Waals surface area contributed by atoms with Gasteiger partial charge >= 0.3 is 0 Å². The van der Waals surface area contributed by atoms with Crippen molar-refractivity contribution in [2.45, 2.75) is 12.8 Å². The average Bonchev–Trinajstić information content (AvgIpc) is 2.76. The number of carbonyl (C=O) groups is 1. The Morgan fingerprint density at radius 1 is 1.09 bits per heavy atom. The maximum Gasteiger partial charge on any atom is 0.223 e. The molecule has 0 aromatic heterocycles. The fourth-order valence-electron chi connectivity index (χ4n) is 3.18. The van der Waals surface area contributed by atoms with E-state index >= 15 is 0 Å². The first kappa shape index (κ1) is 16.1. The molecule has 1 aromatic carbocycles. The van der Waals surface area contributed by atoms with Gasteiger partial charge in [0.05, 0.1) is 5.75 Å². The van der Waals surface area contributed by atoms with Crippen molar-refractivity contribution in [3.05, 3.63) is 41.8 Å². The highest BCUT2D eigenvalue weighted by molar-refractivity contribution is 7.94. The lowest BCUT2D eigenvalue weighted by Crippen LogP contribution is -2.36. The van der Waals surface area contributed by atoms with Gasteiger partial charge in [-0.05, 0) is 18.6 Å². The minimum atomic E-state index is -3.08. The molecule has 1 atom stereocenters. The summed E-state index contributed by atoms with van der Waals surface area (Å²) in [4.78, 5) is 16.6. The molecule has 0 N–H and O–H groups in total. The molecule has 1 aromatic rings. The third kappa shape index (κ3) is 4.13. The Kier molecular flexibility index (Phi) is 4.71. The van der Waals surface area contributed by atoms with Gasteiger partial charge in [0, 0.05) is 49.6 Å². The third-order valence-electron chi connectivity index (χ3n) is 4.41. The van der Waals surface area contributed by atoms with Gasteiger partial charge in [-0.1, -0.05) is 24.3 Å². The van der Waals surface area contributed by atoms with Gasteiger partial charge in [-0.3, -0.25) is 4.79 Å². The Morgan fingerprint density at radius 3 is 2.57 bits per heavy atom. The second-order valence-corrected chi connectivity index (χ2v) is 8.11. The lowest BCUT2D eigenvalue weighted by molar-refractivity contribution is -0.131. The van der Waals surface area contributed by atoms with E-state index in [2.05, 4.69) is 17.0 Å². The molecule has 1 saturated heterocycles. The molecule has 3 rings (SSSR count). The van der Waals surface area contributed by atoms with Crippen LogP contribution in [0, 0.1) is 5.92 Å². The van der Waals surface area contributed by atoms with Crippen LogP contribution in [0.25, 0.3) is 0 Å². The number of sulfone groups is 1. The summed E-state index contributed by atoms with van der Waals surface area (Å²) in [6.45, 7) is 3.18. The second-order valence-electron chi connectivity index (χ2n) is 6.18. The van der Waals surface area contributed by atoms with Gasteiger partial charge in [0.25, 0.3) is 0 Å². The Bertz CT molecular complexity index is 685. The molecule has 0 spiro atoms. The van der Waals surface area contributed by atoms with Crippen LogP contribution in [0.2, 0.25) is 0 Å². The zero-order valence-electron chi connectivity index (χ0n) is 13.1. The minimum Gasteiger partial charge on any atom is -0.370 e. The molecule has 6 heteroatoms. The number of rotatable bonds is 3. The molecule has 0 saturated carbocycles. The highest BCUT2D eigenvalue weighted by Crippen LogP contribution is 2.21. The first-order valence-corrected chi connectivity index (χ1v) is 9.74. The summed E-state index contributed by atoms with van der Waals surface area (Å²) in [7, 11) is -3.08. The molecule has 0 bridgehead atoms. The maximum atomic E-state index is 12.4. The minimum absolute atomic E-state index is 0.0617. The summed E-state index contributed by atoms with van der Waals surface area (Å²) in [5.41, 5.74) is 1.19. The molecule has 1 unspecified atom stereocenters. The van der Waals surface area contributed by atoms with E-state index in [0.29, 0.717) is 13.0 Å². The van der Waals surface area contributed by atoms with Crippen molar-refractivity contribution in [2.24, 2.45) is 5.92 Å². The fraction of sp³-hybridized carbons (Fsp3) is 0.471. The number of nitrogens with zero attached hydrogens (tertiary/aromatic N) is 2. The molecule has 124 valence electrons. The number of carbonyl (C=O) groups excluding carboxylic acids is 1. The quantitative estimate of drug-likeness (QED) is 0.844. The molecule has 23 heavy (non-hydrogen) atoms.